The van der Waals surface area contributed by atoms with E-state index in [-0.39, 0.29) is 37.9 Å². The molecule has 2 aromatic heterocycles. The van der Waals surface area contributed by atoms with Gasteiger partial charge in [-0.25, -0.2) is 18.2 Å². The van der Waals surface area contributed by atoms with Gasteiger partial charge in [-0.2, -0.15) is 0 Å². The van der Waals surface area contributed by atoms with E-state index in [4.69, 9.17) is 9.72 Å². The maximum atomic E-state index is 14.8. The Labute approximate surface area is 327 Å². The van der Waals surface area contributed by atoms with E-state index in [0.29, 0.717) is 62.2 Å². The fraction of sp³-hybridized carbons (Fsp3) is 0.600. The molecule has 5 fully saturated rings. The summed E-state index contributed by atoms with van der Waals surface area (Å²) in [5.74, 6) is -2.18. The fourth-order valence-electron chi connectivity index (χ4n) is 8.57. The average molecular weight is 792 g/mol. The second kappa shape index (κ2) is 16.9. The van der Waals surface area contributed by atoms with Gasteiger partial charge in [0, 0.05) is 55.4 Å². The van der Waals surface area contributed by atoms with Crippen molar-refractivity contribution in [2.24, 2.45) is 11.8 Å². The number of carbonyl (C=O) groups is 4. The summed E-state index contributed by atoms with van der Waals surface area (Å²) >= 11 is 0. The highest BCUT2D eigenvalue weighted by molar-refractivity contribution is 7.91. The number of urea groups is 1. The van der Waals surface area contributed by atoms with E-state index < -0.39 is 62.6 Å². The van der Waals surface area contributed by atoms with E-state index in [1.54, 1.807) is 29.4 Å². The van der Waals surface area contributed by atoms with Gasteiger partial charge >= 0.3 is 6.03 Å². The number of amides is 5. The van der Waals surface area contributed by atoms with Crippen LogP contribution in [0.3, 0.4) is 0 Å². The maximum absolute atomic E-state index is 14.8. The van der Waals surface area contributed by atoms with E-state index in [9.17, 15) is 32.7 Å². The number of pyridine rings is 2. The van der Waals surface area contributed by atoms with Gasteiger partial charge < -0.3 is 30.3 Å². The van der Waals surface area contributed by atoms with Crippen molar-refractivity contribution >= 4 is 50.8 Å². The number of unbranched alkanes of at least 4 members (excludes halogenated alkanes) is 1. The number of aliphatic hydroxyl groups excluding tert-OH is 1. The number of nitrogens with zero attached hydrogens (tertiary/aromatic N) is 4. The molecule has 3 saturated carbocycles. The Morgan fingerprint density at radius 2 is 1.86 bits per heavy atom. The van der Waals surface area contributed by atoms with Crippen LogP contribution in [-0.4, -0.2) is 112 Å². The minimum absolute atomic E-state index is 0.00357. The number of ether oxygens (including phenoxy) is 1. The molecule has 0 radical (unpaired) electrons. The summed E-state index contributed by atoms with van der Waals surface area (Å²) < 4.78 is 34.6. The molecule has 0 bridgehead atoms. The molecule has 5 atom stereocenters. The SMILES string of the molecule is C=C[C@@H]1CC[C@]1(NC(=O)[C@@H]1C[C@@H](Oc2nc3ccncc3cc2/C=C/CCCO)CN1C(=O)[C@@H](NC(=O)N1CCCC1)C1CCCC1)C(=O)NS(=O)(=O)C1CC1. The van der Waals surface area contributed by atoms with Gasteiger partial charge in [-0.15, -0.1) is 6.58 Å². The summed E-state index contributed by atoms with van der Waals surface area (Å²) in [4.78, 5) is 68.9. The van der Waals surface area contributed by atoms with E-state index in [1.165, 1.54) is 4.90 Å². The second-order valence-corrected chi connectivity index (χ2v) is 17.8. The quantitative estimate of drug-likeness (QED) is 0.153. The van der Waals surface area contributed by atoms with Crippen molar-refractivity contribution in [3.05, 3.63) is 48.8 Å². The van der Waals surface area contributed by atoms with Crippen molar-refractivity contribution in [3.63, 3.8) is 0 Å². The molecule has 302 valence electrons. The van der Waals surface area contributed by atoms with Gasteiger partial charge in [0.1, 0.15) is 23.7 Å². The van der Waals surface area contributed by atoms with Gasteiger partial charge in [0.15, 0.2) is 0 Å². The molecule has 7 rings (SSSR count). The van der Waals surface area contributed by atoms with E-state index in [0.717, 1.165) is 43.9 Å². The minimum Gasteiger partial charge on any atom is -0.472 e. The third-order valence-electron chi connectivity index (χ3n) is 12.1. The van der Waals surface area contributed by atoms with E-state index in [1.807, 2.05) is 18.2 Å². The highest BCUT2D eigenvalue weighted by Crippen LogP contribution is 2.41. The Balaban J connectivity index is 1.19. The summed E-state index contributed by atoms with van der Waals surface area (Å²) in [5, 5.41) is 15.4. The first-order chi connectivity index (χ1) is 27.0. The van der Waals surface area contributed by atoms with Crippen molar-refractivity contribution < 1.29 is 37.4 Å². The van der Waals surface area contributed by atoms with Gasteiger partial charge in [-0.1, -0.05) is 31.1 Å². The zero-order valence-corrected chi connectivity index (χ0v) is 32.6. The number of sulfonamides is 1. The number of hydrogen-bond donors (Lipinski definition) is 4. The largest absolute Gasteiger partial charge is 0.472 e. The highest BCUT2D eigenvalue weighted by Gasteiger charge is 2.56. The first-order valence-electron chi connectivity index (χ1n) is 20.1. The van der Waals surface area contributed by atoms with Crippen molar-refractivity contribution in [1.29, 1.82) is 0 Å². The van der Waals surface area contributed by atoms with Gasteiger partial charge in [0.2, 0.25) is 27.7 Å². The zero-order valence-electron chi connectivity index (χ0n) is 31.7. The van der Waals surface area contributed by atoms with Gasteiger partial charge in [0.25, 0.3) is 5.91 Å². The Kier molecular flexibility index (Phi) is 12.0. The molecule has 5 aliphatic rings. The molecule has 0 spiro atoms. The lowest BCUT2D eigenvalue weighted by Gasteiger charge is -2.47. The number of aromatic nitrogens is 2. The molecule has 15 nitrogen and oxygen atoms in total. The smallest absolute Gasteiger partial charge is 0.318 e. The van der Waals surface area contributed by atoms with Crippen LogP contribution in [0.5, 0.6) is 5.88 Å². The van der Waals surface area contributed by atoms with E-state index in [2.05, 4.69) is 26.9 Å². The molecule has 16 heteroatoms. The van der Waals surface area contributed by atoms with Crippen LogP contribution in [0, 0.1) is 11.8 Å². The number of likely N-dealkylation sites (tertiary alicyclic amines) is 2. The summed E-state index contributed by atoms with van der Waals surface area (Å²) in [5.41, 5.74) is -0.265. The number of nitrogens with one attached hydrogen (secondary N) is 3. The Hall–Kier alpha value is -4.57. The molecular formula is C40H53N7O8S. The van der Waals surface area contributed by atoms with Crippen LogP contribution in [0.1, 0.15) is 89.0 Å². The van der Waals surface area contributed by atoms with E-state index >= 15 is 0 Å². The molecule has 4 heterocycles. The van der Waals surface area contributed by atoms with Gasteiger partial charge in [-0.3, -0.25) is 24.1 Å². The molecule has 2 aromatic rings. The molecule has 2 saturated heterocycles. The average Bonchev–Trinajstić information content (AvgIpc) is 3.51. The molecular weight excluding hydrogens is 739 g/mol. The van der Waals surface area contributed by atoms with Gasteiger partial charge in [0.05, 0.1) is 17.3 Å². The number of aliphatic hydroxyl groups is 1. The van der Waals surface area contributed by atoms with Crippen LogP contribution in [0.2, 0.25) is 0 Å². The van der Waals surface area contributed by atoms with Crippen molar-refractivity contribution in [2.45, 2.75) is 112 Å². The lowest BCUT2D eigenvalue weighted by Crippen LogP contribution is -2.70. The van der Waals surface area contributed by atoms with Crippen LogP contribution < -0.4 is 20.1 Å². The first kappa shape index (κ1) is 39.7. The fourth-order valence-corrected chi connectivity index (χ4v) is 9.94. The zero-order chi connectivity index (χ0) is 39.5. The Bertz CT molecular complexity index is 1960. The predicted octanol–water partition coefficient (Wildman–Crippen LogP) is 3.19. The summed E-state index contributed by atoms with van der Waals surface area (Å²) in [6.45, 7) is 5.14. The van der Waals surface area contributed by atoms with Crippen molar-refractivity contribution in [2.75, 3.05) is 26.2 Å². The molecule has 2 aliphatic heterocycles. The predicted molar refractivity (Wildman–Crippen MR) is 208 cm³/mol. The lowest BCUT2D eigenvalue weighted by atomic mass is 9.66. The summed E-state index contributed by atoms with van der Waals surface area (Å²) in [7, 11) is -3.91. The van der Waals surface area contributed by atoms with Crippen LogP contribution in [0.25, 0.3) is 17.0 Å². The van der Waals surface area contributed by atoms with Crippen molar-refractivity contribution in [3.8, 4) is 5.88 Å². The monoisotopic (exact) mass is 791 g/mol. The van der Waals surface area contributed by atoms with Crippen molar-refractivity contribution in [1.82, 2.24) is 35.1 Å². The maximum Gasteiger partial charge on any atom is 0.318 e. The van der Waals surface area contributed by atoms with Crippen LogP contribution in [0.4, 0.5) is 4.79 Å². The highest BCUT2D eigenvalue weighted by atomic mass is 32.2. The Morgan fingerprint density at radius 1 is 1.09 bits per heavy atom. The third-order valence-corrected chi connectivity index (χ3v) is 13.9. The normalized spacial score (nSPS) is 25.9. The molecule has 3 aliphatic carbocycles. The molecule has 5 amide bonds. The number of hydrogen-bond acceptors (Lipinski definition) is 10. The van der Waals surface area contributed by atoms with Gasteiger partial charge in [-0.05, 0) is 82.3 Å². The number of carbonyl (C=O) groups excluding carboxylic acids is 4. The minimum atomic E-state index is -3.91. The molecule has 0 aromatic carbocycles. The lowest BCUT2D eigenvalue weighted by molar-refractivity contribution is -0.145. The summed E-state index contributed by atoms with van der Waals surface area (Å²) in [6.07, 6.45) is 16.0. The first-order valence-corrected chi connectivity index (χ1v) is 21.6. The number of allylic oxidation sites excluding steroid dienone is 1. The molecule has 0 unspecified atom stereocenters. The summed E-state index contributed by atoms with van der Waals surface area (Å²) in [6, 6.07) is 1.38. The molecule has 56 heavy (non-hydrogen) atoms. The number of rotatable bonds is 15. The number of fused-ring (bicyclic) bond motifs is 1. The van der Waals surface area contributed by atoms with Crippen LogP contribution in [0.15, 0.2) is 43.3 Å². The van der Waals surface area contributed by atoms with Crippen LogP contribution in [-0.2, 0) is 24.4 Å². The Morgan fingerprint density at radius 3 is 2.54 bits per heavy atom. The standard InChI is InChI=1S/C40H53N7O8S/c1-2-29-15-17-40(29,38(51)45-56(53,54)31-13-14-31)44-35(49)33-23-30(55-36-27(12-4-3-9-21-48)22-28-24-41-18-16-32(28)42-36)25-47(33)37(50)34(26-10-5-6-11-26)43-39(52)46-19-7-8-20-46/h2,4,12,16,18,22,24,26,29-31,33-34,48H,1,3,5-11,13-15,17,19-21,23,25H2,(H,43,52)(H,44,49)(H,45,51)/b12-4+/t29-,30-,33+,34+,40-/m1/s1. The van der Waals surface area contributed by atoms with Crippen LogP contribution >= 0.6 is 0 Å². The third kappa shape index (κ3) is 8.41. The second-order valence-electron chi connectivity index (χ2n) is 15.9. The molecule has 4 N–H and O–H groups in total. The topological polar surface area (TPSA) is 200 Å².